The van der Waals surface area contributed by atoms with Crippen molar-refractivity contribution in [2.45, 2.75) is 18.9 Å². The first-order valence-electron chi connectivity index (χ1n) is 7.86. The van der Waals surface area contributed by atoms with Crippen LogP contribution < -0.4 is 5.32 Å². The second-order valence-corrected chi connectivity index (χ2v) is 6.16. The van der Waals surface area contributed by atoms with E-state index in [1.807, 2.05) is 40.9 Å². The SMILES string of the molecule is O=C(Nc1ccccc1Cl)N1CCC[C@@H]1c1nnc2ccccn12. The van der Waals surface area contributed by atoms with Gasteiger partial charge in [-0.1, -0.05) is 29.8 Å². The number of fused-ring (bicyclic) bond motifs is 1. The third-order valence-corrected chi connectivity index (χ3v) is 4.60. The second-order valence-electron chi connectivity index (χ2n) is 5.75. The lowest BCUT2D eigenvalue weighted by molar-refractivity contribution is 0.204. The molecule has 2 aromatic heterocycles. The molecule has 3 heterocycles. The number of nitrogens with one attached hydrogen (secondary N) is 1. The summed E-state index contributed by atoms with van der Waals surface area (Å²) in [7, 11) is 0. The Morgan fingerprint density at radius 3 is 2.88 bits per heavy atom. The van der Waals surface area contributed by atoms with Crippen LogP contribution in [0.1, 0.15) is 24.7 Å². The number of aromatic nitrogens is 3. The molecule has 4 rings (SSSR count). The number of rotatable bonds is 2. The highest BCUT2D eigenvalue weighted by Gasteiger charge is 2.33. The van der Waals surface area contributed by atoms with Crippen molar-refractivity contribution in [3.63, 3.8) is 0 Å². The largest absolute Gasteiger partial charge is 0.322 e. The number of amides is 2. The summed E-state index contributed by atoms with van der Waals surface area (Å²) in [5.41, 5.74) is 1.40. The summed E-state index contributed by atoms with van der Waals surface area (Å²) in [6.45, 7) is 0.683. The Hall–Kier alpha value is -2.60. The zero-order chi connectivity index (χ0) is 16.5. The molecule has 1 atom stereocenters. The van der Waals surface area contributed by atoms with Crippen molar-refractivity contribution in [2.75, 3.05) is 11.9 Å². The second kappa shape index (κ2) is 6.13. The summed E-state index contributed by atoms with van der Waals surface area (Å²) in [4.78, 5) is 14.5. The molecule has 0 spiro atoms. The van der Waals surface area contributed by atoms with Gasteiger partial charge in [0.05, 0.1) is 16.8 Å². The highest BCUT2D eigenvalue weighted by atomic mass is 35.5. The van der Waals surface area contributed by atoms with Crippen molar-refractivity contribution in [3.8, 4) is 0 Å². The molecule has 0 saturated carbocycles. The van der Waals surface area contributed by atoms with Gasteiger partial charge in [-0.05, 0) is 37.1 Å². The topological polar surface area (TPSA) is 62.5 Å². The van der Waals surface area contributed by atoms with Crippen LogP contribution in [0.4, 0.5) is 10.5 Å². The van der Waals surface area contributed by atoms with Gasteiger partial charge < -0.3 is 10.2 Å². The summed E-state index contributed by atoms with van der Waals surface area (Å²) in [6.07, 6.45) is 3.72. The minimum atomic E-state index is -0.168. The lowest BCUT2D eigenvalue weighted by atomic mass is 10.2. The Morgan fingerprint density at radius 2 is 2.00 bits per heavy atom. The molecule has 0 aliphatic carbocycles. The van der Waals surface area contributed by atoms with E-state index in [2.05, 4.69) is 15.5 Å². The Labute approximate surface area is 144 Å². The smallest absolute Gasteiger partial charge is 0.314 e. The van der Waals surface area contributed by atoms with Crippen LogP contribution in [0.2, 0.25) is 5.02 Å². The number of anilines is 1. The lowest BCUT2D eigenvalue weighted by Crippen LogP contribution is -2.35. The summed E-state index contributed by atoms with van der Waals surface area (Å²) in [5, 5.41) is 11.9. The van der Waals surface area contributed by atoms with Crippen LogP contribution in [0.3, 0.4) is 0 Å². The molecule has 3 aromatic rings. The van der Waals surface area contributed by atoms with Crippen molar-refractivity contribution >= 4 is 29.0 Å². The minimum Gasteiger partial charge on any atom is -0.314 e. The van der Waals surface area contributed by atoms with Gasteiger partial charge in [-0.2, -0.15) is 0 Å². The number of hydrogen-bond donors (Lipinski definition) is 1. The number of likely N-dealkylation sites (tertiary alicyclic amines) is 1. The summed E-state index contributed by atoms with van der Waals surface area (Å²) >= 11 is 6.13. The van der Waals surface area contributed by atoms with E-state index in [1.54, 1.807) is 17.0 Å². The fourth-order valence-electron chi connectivity index (χ4n) is 3.11. The molecule has 7 heteroatoms. The average Bonchev–Trinajstić information content (AvgIpc) is 3.23. The molecule has 0 unspecified atom stereocenters. The highest BCUT2D eigenvalue weighted by molar-refractivity contribution is 6.33. The van der Waals surface area contributed by atoms with Crippen molar-refractivity contribution in [1.29, 1.82) is 0 Å². The Bertz CT molecular complexity index is 893. The van der Waals surface area contributed by atoms with Gasteiger partial charge in [0.15, 0.2) is 11.5 Å². The number of nitrogens with zero attached hydrogens (tertiary/aromatic N) is 4. The first-order valence-corrected chi connectivity index (χ1v) is 8.23. The molecular weight excluding hydrogens is 326 g/mol. The molecule has 1 saturated heterocycles. The fraction of sp³-hybridized carbons (Fsp3) is 0.235. The van der Waals surface area contributed by atoms with Crippen LogP contribution >= 0.6 is 11.6 Å². The maximum Gasteiger partial charge on any atom is 0.322 e. The third kappa shape index (κ3) is 2.59. The van der Waals surface area contributed by atoms with Crippen LogP contribution in [-0.2, 0) is 0 Å². The van der Waals surface area contributed by atoms with Crippen molar-refractivity contribution in [2.24, 2.45) is 0 Å². The van der Waals surface area contributed by atoms with Gasteiger partial charge in [0, 0.05) is 12.7 Å². The normalized spacial score (nSPS) is 17.4. The number of pyridine rings is 1. The lowest BCUT2D eigenvalue weighted by Gasteiger charge is -2.24. The number of carbonyl (C=O) groups excluding carboxylic acids is 1. The molecule has 1 fully saturated rings. The molecule has 24 heavy (non-hydrogen) atoms. The van der Waals surface area contributed by atoms with E-state index in [4.69, 9.17) is 11.6 Å². The molecule has 6 nitrogen and oxygen atoms in total. The monoisotopic (exact) mass is 341 g/mol. The quantitative estimate of drug-likeness (QED) is 0.772. The van der Waals surface area contributed by atoms with E-state index < -0.39 is 0 Å². The van der Waals surface area contributed by atoms with E-state index in [9.17, 15) is 4.79 Å². The number of urea groups is 1. The Kier molecular flexibility index (Phi) is 3.82. The van der Waals surface area contributed by atoms with Gasteiger partial charge in [0.2, 0.25) is 0 Å². The number of carbonyl (C=O) groups is 1. The predicted molar refractivity (Wildman–Crippen MR) is 92.1 cm³/mol. The summed E-state index contributed by atoms with van der Waals surface area (Å²) in [5.74, 6) is 0.789. The standard InChI is InChI=1S/C17H16ClN5O/c18-12-6-1-2-7-13(12)19-17(24)22-11-5-8-14(22)16-21-20-15-9-3-4-10-23(15)16/h1-4,6-7,9-10,14H,5,8,11H2,(H,19,24)/t14-/m1/s1. The van der Waals surface area contributed by atoms with E-state index in [0.717, 1.165) is 24.3 Å². The van der Waals surface area contributed by atoms with Gasteiger partial charge in [-0.15, -0.1) is 10.2 Å². The van der Waals surface area contributed by atoms with Crippen molar-refractivity contribution < 1.29 is 4.79 Å². The predicted octanol–water partition coefficient (Wildman–Crippen LogP) is 3.75. The van der Waals surface area contributed by atoms with E-state index in [-0.39, 0.29) is 12.1 Å². The molecule has 0 radical (unpaired) electrons. The zero-order valence-electron chi connectivity index (χ0n) is 12.9. The molecular formula is C17H16ClN5O. The van der Waals surface area contributed by atoms with E-state index >= 15 is 0 Å². The summed E-state index contributed by atoms with van der Waals surface area (Å²) in [6, 6.07) is 12.7. The van der Waals surface area contributed by atoms with Gasteiger partial charge in [-0.3, -0.25) is 4.40 Å². The number of benzene rings is 1. The van der Waals surface area contributed by atoms with Crippen LogP contribution in [0.15, 0.2) is 48.7 Å². The molecule has 122 valence electrons. The Morgan fingerprint density at radius 1 is 1.17 bits per heavy atom. The highest BCUT2D eigenvalue weighted by Crippen LogP contribution is 2.32. The third-order valence-electron chi connectivity index (χ3n) is 4.27. The first-order chi connectivity index (χ1) is 11.7. The molecule has 1 N–H and O–H groups in total. The van der Waals surface area contributed by atoms with Crippen molar-refractivity contribution in [3.05, 3.63) is 59.5 Å². The van der Waals surface area contributed by atoms with E-state index in [0.29, 0.717) is 17.3 Å². The molecule has 2 amide bonds. The van der Waals surface area contributed by atoms with E-state index in [1.165, 1.54) is 0 Å². The molecule has 1 aromatic carbocycles. The van der Waals surface area contributed by atoms with Crippen LogP contribution in [0.25, 0.3) is 5.65 Å². The average molecular weight is 342 g/mol. The maximum absolute atomic E-state index is 12.7. The van der Waals surface area contributed by atoms with Crippen molar-refractivity contribution in [1.82, 2.24) is 19.5 Å². The molecule has 1 aliphatic rings. The number of halogens is 1. The van der Waals surface area contributed by atoms with Gasteiger partial charge in [0.1, 0.15) is 0 Å². The molecule has 1 aliphatic heterocycles. The summed E-state index contributed by atoms with van der Waals surface area (Å²) < 4.78 is 1.94. The number of para-hydroxylation sites is 1. The van der Waals surface area contributed by atoms with Gasteiger partial charge in [0.25, 0.3) is 0 Å². The minimum absolute atomic E-state index is 0.0927. The van der Waals surface area contributed by atoms with Gasteiger partial charge in [-0.25, -0.2) is 4.79 Å². The first kappa shape index (κ1) is 15.0. The Balaban J connectivity index is 1.61. The van der Waals surface area contributed by atoms with Gasteiger partial charge >= 0.3 is 6.03 Å². The number of hydrogen-bond acceptors (Lipinski definition) is 3. The zero-order valence-corrected chi connectivity index (χ0v) is 13.6. The van der Waals surface area contributed by atoms with Crippen LogP contribution in [0, 0.1) is 0 Å². The van der Waals surface area contributed by atoms with Crippen LogP contribution in [-0.4, -0.2) is 32.1 Å². The maximum atomic E-state index is 12.7. The fourth-order valence-corrected chi connectivity index (χ4v) is 3.30. The van der Waals surface area contributed by atoms with Crippen LogP contribution in [0.5, 0.6) is 0 Å². The molecule has 0 bridgehead atoms.